The van der Waals surface area contributed by atoms with Gasteiger partial charge in [-0.3, -0.25) is 4.79 Å². The molecule has 0 aliphatic carbocycles. The molecule has 1 N–H and O–H groups in total. The number of morpholine rings is 1. The molecule has 0 spiro atoms. The highest BCUT2D eigenvalue weighted by atomic mass is 32.2. The van der Waals surface area contributed by atoms with Gasteiger partial charge in [0.25, 0.3) is 0 Å². The summed E-state index contributed by atoms with van der Waals surface area (Å²) in [6.45, 7) is 1.34. The summed E-state index contributed by atoms with van der Waals surface area (Å²) >= 11 is 1.20. The molecular weight excluding hydrogens is 465 g/mol. The van der Waals surface area contributed by atoms with E-state index in [9.17, 15) is 17.6 Å². The van der Waals surface area contributed by atoms with E-state index < -0.39 is 21.1 Å². The Balaban J connectivity index is 1.53. The first-order valence-electron chi connectivity index (χ1n) is 10.3. The quantitative estimate of drug-likeness (QED) is 0.511. The average molecular weight is 488 g/mol. The Morgan fingerprint density at radius 1 is 1.03 bits per heavy atom. The fraction of sp³-hybridized carbons (Fsp3) is 0.217. The second kappa shape index (κ2) is 10.4. The third-order valence-electron chi connectivity index (χ3n) is 5.01. The van der Waals surface area contributed by atoms with E-state index in [0.717, 1.165) is 5.56 Å². The highest BCUT2D eigenvalue weighted by Crippen LogP contribution is 2.35. The number of benzene rings is 2. The van der Waals surface area contributed by atoms with Crippen molar-refractivity contribution in [2.45, 2.75) is 15.2 Å². The second-order valence-electron chi connectivity index (χ2n) is 7.25. The summed E-state index contributed by atoms with van der Waals surface area (Å²) in [5.41, 5.74) is 1.23. The van der Waals surface area contributed by atoms with Crippen LogP contribution in [0, 0.1) is 5.82 Å². The SMILES string of the molecule is O=C(Nc1ccc(F)cc1)C(Sc1ccc(S(=O)(=O)N2CCOCC2)cn1)c1ccccc1. The van der Waals surface area contributed by atoms with Gasteiger partial charge < -0.3 is 10.1 Å². The maximum Gasteiger partial charge on any atom is 0.244 e. The van der Waals surface area contributed by atoms with Gasteiger partial charge in [-0.15, -0.1) is 0 Å². The molecule has 172 valence electrons. The number of rotatable bonds is 7. The highest BCUT2D eigenvalue weighted by molar-refractivity contribution is 8.00. The van der Waals surface area contributed by atoms with Crippen LogP contribution in [0.1, 0.15) is 10.8 Å². The average Bonchev–Trinajstić information content (AvgIpc) is 2.85. The van der Waals surface area contributed by atoms with E-state index in [0.29, 0.717) is 37.0 Å². The van der Waals surface area contributed by atoms with Gasteiger partial charge in [0.1, 0.15) is 16.0 Å². The van der Waals surface area contributed by atoms with E-state index in [1.807, 2.05) is 30.3 Å². The number of hydrogen-bond donors (Lipinski definition) is 1. The number of pyridine rings is 1. The Hall–Kier alpha value is -2.79. The molecule has 1 atom stereocenters. The number of ether oxygens (including phenoxy) is 1. The summed E-state index contributed by atoms with van der Waals surface area (Å²) in [5, 5.41) is 2.65. The van der Waals surface area contributed by atoms with Crippen LogP contribution in [0.5, 0.6) is 0 Å². The van der Waals surface area contributed by atoms with Crippen LogP contribution in [-0.2, 0) is 19.6 Å². The Morgan fingerprint density at radius 3 is 2.36 bits per heavy atom. The largest absolute Gasteiger partial charge is 0.379 e. The van der Waals surface area contributed by atoms with Crippen LogP contribution >= 0.6 is 11.8 Å². The molecule has 2 aromatic carbocycles. The van der Waals surface area contributed by atoms with Crippen molar-refractivity contribution in [2.75, 3.05) is 31.6 Å². The van der Waals surface area contributed by atoms with E-state index >= 15 is 0 Å². The van der Waals surface area contributed by atoms with E-state index in [1.54, 1.807) is 6.07 Å². The number of carbonyl (C=O) groups excluding carboxylic acids is 1. The number of sulfonamides is 1. The minimum atomic E-state index is -3.65. The van der Waals surface area contributed by atoms with E-state index in [1.165, 1.54) is 52.6 Å². The van der Waals surface area contributed by atoms with E-state index in [2.05, 4.69) is 10.3 Å². The molecular formula is C23H22FN3O4S2. The highest BCUT2D eigenvalue weighted by Gasteiger charge is 2.27. The molecule has 10 heteroatoms. The molecule has 3 aromatic rings. The Kier molecular flexibility index (Phi) is 7.39. The Bertz CT molecular complexity index is 1180. The molecule has 2 heterocycles. The van der Waals surface area contributed by atoms with Gasteiger partial charge in [-0.05, 0) is 42.0 Å². The van der Waals surface area contributed by atoms with Gasteiger partial charge in [-0.2, -0.15) is 4.31 Å². The first-order valence-corrected chi connectivity index (χ1v) is 12.6. The summed E-state index contributed by atoms with van der Waals surface area (Å²) in [7, 11) is -3.65. The van der Waals surface area contributed by atoms with Crippen LogP contribution in [0.25, 0.3) is 0 Å². The van der Waals surface area contributed by atoms with Gasteiger partial charge in [0.15, 0.2) is 0 Å². The topological polar surface area (TPSA) is 88.6 Å². The maximum absolute atomic E-state index is 13.2. The van der Waals surface area contributed by atoms with Crippen molar-refractivity contribution in [3.05, 3.63) is 84.3 Å². The summed E-state index contributed by atoms with van der Waals surface area (Å²) in [5.74, 6) is -0.692. The number of thioether (sulfide) groups is 1. The lowest BCUT2D eigenvalue weighted by atomic mass is 10.1. The fourth-order valence-electron chi connectivity index (χ4n) is 3.29. The standard InChI is InChI=1S/C23H22FN3O4S2/c24-18-6-8-19(9-7-18)26-23(28)22(17-4-2-1-3-5-17)32-21-11-10-20(16-25-21)33(29,30)27-12-14-31-15-13-27/h1-11,16,22H,12-15H2,(H,26,28). The van der Waals surface area contributed by atoms with Crippen molar-refractivity contribution in [1.82, 2.24) is 9.29 Å². The molecule has 1 fully saturated rings. The van der Waals surface area contributed by atoms with Gasteiger partial charge in [0.05, 0.1) is 18.2 Å². The van der Waals surface area contributed by atoms with E-state index in [-0.39, 0.29) is 10.8 Å². The number of carbonyl (C=O) groups is 1. The number of aromatic nitrogens is 1. The van der Waals surface area contributed by atoms with Gasteiger partial charge in [-0.25, -0.2) is 17.8 Å². The lowest BCUT2D eigenvalue weighted by molar-refractivity contribution is -0.115. The third kappa shape index (κ3) is 5.77. The molecule has 0 radical (unpaired) electrons. The van der Waals surface area contributed by atoms with Crippen molar-refractivity contribution in [3.8, 4) is 0 Å². The van der Waals surface area contributed by atoms with Gasteiger partial charge >= 0.3 is 0 Å². The van der Waals surface area contributed by atoms with Crippen molar-refractivity contribution in [3.63, 3.8) is 0 Å². The maximum atomic E-state index is 13.2. The zero-order valence-electron chi connectivity index (χ0n) is 17.6. The summed E-state index contributed by atoms with van der Waals surface area (Å²) in [6.07, 6.45) is 1.31. The molecule has 1 saturated heterocycles. The lowest BCUT2D eigenvalue weighted by Gasteiger charge is -2.25. The number of hydrogen-bond acceptors (Lipinski definition) is 6. The monoisotopic (exact) mass is 487 g/mol. The third-order valence-corrected chi connectivity index (χ3v) is 8.09. The molecule has 4 rings (SSSR count). The predicted molar refractivity (Wildman–Crippen MR) is 124 cm³/mol. The summed E-state index contributed by atoms with van der Waals surface area (Å²) < 4.78 is 45.4. The molecule has 1 amide bonds. The Labute approximate surface area is 196 Å². The minimum absolute atomic E-state index is 0.0979. The normalized spacial score (nSPS) is 15.7. The lowest BCUT2D eigenvalue weighted by Crippen LogP contribution is -2.40. The zero-order valence-corrected chi connectivity index (χ0v) is 19.2. The van der Waals surface area contributed by atoms with Crippen molar-refractivity contribution < 1.29 is 22.3 Å². The Morgan fingerprint density at radius 2 is 1.73 bits per heavy atom. The number of amides is 1. The van der Waals surface area contributed by atoms with Gasteiger partial charge in [0.2, 0.25) is 15.9 Å². The number of anilines is 1. The second-order valence-corrected chi connectivity index (χ2v) is 10.3. The number of halogens is 1. The molecule has 33 heavy (non-hydrogen) atoms. The predicted octanol–water partition coefficient (Wildman–Crippen LogP) is 3.71. The molecule has 7 nitrogen and oxygen atoms in total. The molecule has 1 unspecified atom stereocenters. The molecule has 0 saturated carbocycles. The molecule has 0 bridgehead atoms. The zero-order chi connectivity index (χ0) is 23.3. The number of nitrogens with one attached hydrogen (secondary N) is 1. The molecule has 1 aromatic heterocycles. The smallest absolute Gasteiger partial charge is 0.244 e. The first kappa shape index (κ1) is 23.4. The van der Waals surface area contributed by atoms with Gasteiger partial charge in [0, 0.05) is 25.0 Å². The van der Waals surface area contributed by atoms with Crippen molar-refractivity contribution >= 4 is 33.4 Å². The number of nitrogens with zero attached hydrogens (tertiary/aromatic N) is 2. The van der Waals surface area contributed by atoms with Crippen LogP contribution in [-0.4, -0.2) is 49.9 Å². The van der Waals surface area contributed by atoms with Gasteiger partial charge in [-0.1, -0.05) is 42.1 Å². The van der Waals surface area contributed by atoms with Crippen LogP contribution < -0.4 is 5.32 Å². The van der Waals surface area contributed by atoms with Crippen molar-refractivity contribution in [1.29, 1.82) is 0 Å². The molecule has 1 aliphatic heterocycles. The summed E-state index contributed by atoms with van der Waals surface area (Å²) in [4.78, 5) is 17.5. The van der Waals surface area contributed by atoms with Crippen LogP contribution in [0.3, 0.4) is 0 Å². The first-order chi connectivity index (χ1) is 15.9. The van der Waals surface area contributed by atoms with Crippen LogP contribution in [0.4, 0.5) is 10.1 Å². The van der Waals surface area contributed by atoms with E-state index in [4.69, 9.17) is 4.74 Å². The van der Waals surface area contributed by atoms with Crippen LogP contribution in [0.15, 0.2) is 82.8 Å². The summed E-state index contributed by atoms with van der Waals surface area (Å²) in [6, 6.07) is 17.8. The van der Waals surface area contributed by atoms with Crippen LogP contribution in [0.2, 0.25) is 0 Å². The fourth-order valence-corrected chi connectivity index (χ4v) is 5.60. The van der Waals surface area contributed by atoms with Crippen molar-refractivity contribution in [2.24, 2.45) is 0 Å². The minimum Gasteiger partial charge on any atom is -0.379 e. The molecule has 1 aliphatic rings.